The van der Waals surface area contributed by atoms with Gasteiger partial charge in [-0.2, -0.15) is 5.10 Å². The number of aromatic nitrogens is 5. The molecule has 2 aromatic rings. The second-order valence-electron chi connectivity index (χ2n) is 3.51. The van der Waals surface area contributed by atoms with E-state index in [1.807, 2.05) is 0 Å². The van der Waals surface area contributed by atoms with Gasteiger partial charge in [0.1, 0.15) is 6.20 Å². The molecule has 0 bridgehead atoms. The molecule has 0 unspecified atom stereocenters. The molecule has 0 radical (unpaired) electrons. The number of hydrogen-bond acceptors (Lipinski definition) is 5. The van der Waals surface area contributed by atoms with E-state index in [0.29, 0.717) is 16.4 Å². The quantitative estimate of drug-likeness (QED) is 0.499. The van der Waals surface area contributed by atoms with Gasteiger partial charge in [0.2, 0.25) is 0 Å². The van der Waals surface area contributed by atoms with Gasteiger partial charge >= 0.3 is 5.82 Å². The van der Waals surface area contributed by atoms with E-state index in [2.05, 4.69) is 15.2 Å². The first-order valence-electron chi connectivity index (χ1n) is 4.77. The van der Waals surface area contributed by atoms with E-state index in [0.717, 1.165) is 0 Å². The molecule has 2 aromatic heterocycles. The van der Waals surface area contributed by atoms with Crippen LogP contribution in [-0.4, -0.2) is 29.2 Å². The molecule has 8 nitrogen and oxygen atoms in total. The summed E-state index contributed by atoms with van der Waals surface area (Å²) in [6.45, 7) is 1.96. The second kappa shape index (κ2) is 4.09. The molecule has 0 aliphatic carbocycles. The molecular formula is C8H10N6O2S. The van der Waals surface area contributed by atoms with Gasteiger partial charge < -0.3 is 14.7 Å². The number of hydrogen-bond donors (Lipinski definition) is 1. The third-order valence-electron chi connectivity index (χ3n) is 2.49. The van der Waals surface area contributed by atoms with Crippen molar-refractivity contribution in [1.29, 1.82) is 0 Å². The average molecular weight is 254 g/mol. The summed E-state index contributed by atoms with van der Waals surface area (Å²) in [5.74, 6) is 1.11. The third kappa shape index (κ3) is 1.96. The topological polar surface area (TPSA) is 94.6 Å². The molecule has 17 heavy (non-hydrogen) atoms. The van der Waals surface area contributed by atoms with Crippen LogP contribution in [0.3, 0.4) is 0 Å². The number of rotatable bonds is 3. The van der Waals surface area contributed by atoms with Gasteiger partial charge in [0, 0.05) is 14.0 Å². The first-order chi connectivity index (χ1) is 8.00. The Bertz CT molecular complexity index is 624. The van der Waals surface area contributed by atoms with Crippen molar-refractivity contribution in [3.05, 3.63) is 32.7 Å². The Hall–Kier alpha value is -2.03. The number of imidazole rings is 1. The maximum absolute atomic E-state index is 10.8. The fourth-order valence-corrected chi connectivity index (χ4v) is 1.61. The summed E-state index contributed by atoms with van der Waals surface area (Å²) in [6, 6.07) is 0. The molecule has 0 saturated heterocycles. The lowest BCUT2D eigenvalue weighted by molar-refractivity contribution is -0.392. The number of nitro groups is 1. The minimum Gasteiger partial charge on any atom is -0.358 e. The second-order valence-corrected chi connectivity index (χ2v) is 3.90. The third-order valence-corrected chi connectivity index (χ3v) is 2.86. The molecule has 90 valence electrons. The van der Waals surface area contributed by atoms with Crippen LogP contribution in [0, 0.1) is 21.8 Å². The highest BCUT2D eigenvalue weighted by Crippen LogP contribution is 2.15. The molecule has 0 spiro atoms. The Morgan fingerprint density at radius 3 is 2.88 bits per heavy atom. The molecule has 0 atom stereocenters. The number of aryl methyl sites for hydroxylation is 1. The Kier molecular flexibility index (Phi) is 2.76. The van der Waals surface area contributed by atoms with Crippen molar-refractivity contribution in [1.82, 2.24) is 24.3 Å². The lowest BCUT2D eigenvalue weighted by Gasteiger charge is -2.02. The van der Waals surface area contributed by atoms with Crippen LogP contribution in [0.4, 0.5) is 5.82 Å². The fourth-order valence-electron chi connectivity index (χ4n) is 1.46. The van der Waals surface area contributed by atoms with Gasteiger partial charge in [-0.25, -0.2) is 9.55 Å². The molecular weight excluding hydrogens is 244 g/mol. The van der Waals surface area contributed by atoms with E-state index >= 15 is 0 Å². The zero-order valence-corrected chi connectivity index (χ0v) is 10.1. The smallest absolute Gasteiger partial charge is 0.343 e. The predicted octanol–water partition coefficient (Wildman–Crippen LogP) is 0.939. The van der Waals surface area contributed by atoms with Crippen molar-refractivity contribution >= 4 is 18.0 Å². The monoisotopic (exact) mass is 254 g/mol. The lowest BCUT2D eigenvalue weighted by atomic mass is 10.5. The number of H-pyrrole nitrogens is 1. The SMILES string of the molecule is Cc1ncc([N+](=O)[O-])n1Cc1n[nH]c(=S)n1C. The molecule has 0 aliphatic heterocycles. The number of nitrogens with one attached hydrogen (secondary N) is 1. The first-order valence-corrected chi connectivity index (χ1v) is 5.18. The lowest BCUT2D eigenvalue weighted by Crippen LogP contribution is -2.10. The molecule has 2 heterocycles. The van der Waals surface area contributed by atoms with E-state index in [9.17, 15) is 10.1 Å². The van der Waals surface area contributed by atoms with Gasteiger partial charge in [-0.05, 0) is 17.1 Å². The summed E-state index contributed by atoms with van der Waals surface area (Å²) in [5.41, 5.74) is 0. The van der Waals surface area contributed by atoms with E-state index in [4.69, 9.17) is 12.2 Å². The highest BCUT2D eigenvalue weighted by molar-refractivity contribution is 7.71. The normalized spacial score (nSPS) is 10.7. The molecule has 2 rings (SSSR count). The molecule has 0 saturated carbocycles. The summed E-state index contributed by atoms with van der Waals surface area (Å²) >= 11 is 4.97. The molecule has 1 N–H and O–H groups in total. The minimum absolute atomic E-state index is 0.0589. The van der Waals surface area contributed by atoms with Crippen LogP contribution in [0.5, 0.6) is 0 Å². The highest BCUT2D eigenvalue weighted by atomic mass is 32.1. The molecule has 0 aliphatic rings. The van der Waals surface area contributed by atoms with Crippen LogP contribution in [0.1, 0.15) is 11.6 Å². The molecule has 0 amide bonds. The summed E-state index contributed by atoms with van der Waals surface area (Å²) in [7, 11) is 1.75. The van der Waals surface area contributed by atoms with Crippen LogP contribution in [0.2, 0.25) is 0 Å². The van der Waals surface area contributed by atoms with E-state index in [1.54, 1.807) is 18.5 Å². The van der Waals surface area contributed by atoms with Crippen molar-refractivity contribution in [3.8, 4) is 0 Å². The maximum atomic E-state index is 10.8. The Labute approximate surface area is 101 Å². The van der Waals surface area contributed by atoms with Gasteiger partial charge in [-0.15, -0.1) is 0 Å². The standard InChI is InChI=1S/C8H10N6O2S/c1-5-9-3-7(14(15)16)13(5)4-6-10-11-8(17)12(6)2/h3H,4H2,1-2H3,(H,11,17). The molecule has 0 aromatic carbocycles. The Morgan fingerprint density at radius 2 is 2.35 bits per heavy atom. The van der Waals surface area contributed by atoms with E-state index in [-0.39, 0.29) is 12.4 Å². The van der Waals surface area contributed by atoms with Crippen LogP contribution in [0.15, 0.2) is 6.20 Å². The van der Waals surface area contributed by atoms with Gasteiger partial charge in [-0.3, -0.25) is 5.10 Å². The van der Waals surface area contributed by atoms with Gasteiger partial charge in [0.15, 0.2) is 23.0 Å². The van der Waals surface area contributed by atoms with Gasteiger partial charge in [-0.1, -0.05) is 0 Å². The van der Waals surface area contributed by atoms with Crippen molar-refractivity contribution in [2.75, 3.05) is 0 Å². The average Bonchev–Trinajstić information content (AvgIpc) is 2.78. The summed E-state index contributed by atoms with van der Waals surface area (Å²) in [6.07, 6.45) is 1.23. The summed E-state index contributed by atoms with van der Waals surface area (Å²) < 4.78 is 3.61. The van der Waals surface area contributed by atoms with Crippen LogP contribution in [0.25, 0.3) is 0 Å². The van der Waals surface area contributed by atoms with Gasteiger partial charge in [0.25, 0.3) is 0 Å². The first kappa shape index (κ1) is 11.5. The van der Waals surface area contributed by atoms with Crippen LogP contribution < -0.4 is 0 Å². The van der Waals surface area contributed by atoms with Crippen molar-refractivity contribution in [3.63, 3.8) is 0 Å². The van der Waals surface area contributed by atoms with Gasteiger partial charge in [0.05, 0.1) is 0 Å². The number of aromatic amines is 1. The van der Waals surface area contributed by atoms with Crippen molar-refractivity contribution in [2.24, 2.45) is 7.05 Å². The predicted molar refractivity (Wildman–Crippen MR) is 61.1 cm³/mol. The van der Waals surface area contributed by atoms with Crippen molar-refractivity contribution < 1.29 is 4.92 Å². The Morgan fingerprint density at radius 1 is 1.65 bits per heavy atom. The Balaban J connectivity index is 2.42. The maximum Gasteiger partial charge on any atom is 0.343 e. The minimum atomic E-state index is -0.471. The fraction of sp³-hybridized carbons (Fsp3) is 0.375. The molecule has 0 fully saturated rings. The zero-order valence-electron chi connectivity index (χ0n) is 9.25. The van der Waals surface area contributed by atoms with Crippen LogP contribution >= 0.6 is 12.2 Å². The summed E-state index contributed by atoms with van der Waals surface area (Å²) in [4.78, 5) is 14.3. The van der Waals surface area contributed by atoms with E-state index in [1.165, 1.54) is 10.8 Å². The summed E-state index contributed by atoms with van der Waals surface area (Å²) in [5, 5.41) is 17.4. The van der Waals surface area contributed by atoms with Crippen molar-refractivity contribution in [2.45, 2.75) is 13.5 Å². The highest BCUT2D eigenvalue weighted by Gasteiger charge is 2.19. The molecule has 9 heteroatoms. The number of nitrogens with zero attached hydrogens (tertiary/aromatic N) is 5. The zero-order chi connectivity index (χ0) is 12.6. The largest absolute Gasteiger partial charge is 0.358 e. The van der Waals surface area contributed by atoms with E-state index < -0.39 is 4.92 Å². The van der Waals surface area contributed by atoms with Crippen LogP contribution in [-0.2, 0) is 13.6 Å².